The molecule has 0 fully saturated rings. The number of hydrogen-bond acceptors (Lipinski definition) is 2. The lowest BCUT2D eigenvalue weighted by Crippen LogP contribution is -3.00. The summed E-state index contributed by atoms with van der Waals surface area (Å²) in [6.07, 6.45) is 1.88. The van der Waals surface area contributed by atoms with Crippen LogP contribution in [0.1, 0.15) is 49.2 Å². The fourth-order valence-electron chi connectivity index (χ4n) is 3.19. The van der Waals surface area contributed by atoms with Gasteiger partial charge in [0.05, 0.1) is 5.56 Å². The SMILES string of the molecule is CC(C)Cc1cccc(C(=O)[N+](C)(C)Oc2ccccc2)c1CC(C)C.[Cl-]. The first kappa shape index (κ1) is 23.2. The number of carbonyl (C=O) groups is 1. The Balaban J connectivity index is 0.00000364. The highest BCUT2D eigenvalue weighted by Gasteiger charge is 2.34. The number of halogens is 1. The summed E-state index contributed by atoms with van der Waals surface area (Å²) in [5.41, 5.74) is 3.22. The molecule has 0 bridgehead atoms. The minimum absolute atomic E-state index is 0. The zero-order valence-electron chi connectivity index (χ0n) is 17.3. The minimum atomic E-state index is -0.166. The van der Waals surface area contributed by atoms with Crippen molar-refractivity contribution >= 4 is 5.91 Å². The molecule has 0 aliphatic heterocycles. The second-order valence-corrected chi connectivity index (χ2v) is 8.20. The fraction of sp³-hybridized carbons (Fsp3) is 0.435. The highest BCUT2D eigenvalue weighted by Crippen LogP contribution is 2.25. The lowest BCUT2D eigenvalue weighted by Gasteiger charge is -2.26. The van der Waals surface area contributed by atoms with Crippen molar-refractivity contribution in [1.82, 2.24) is 0 Å². The van der Waals surface area contributed by atoms with Crippen LogP contribution in [0.3, 0.4) is 0 Å². The lowest BCUT2D eigenvalue weighted by atomic mass is 9.89. The summed E-state index contributed by atoms with van der Waals surface area (Å²) >= 11 is 0. The molecule has 2 rings (SSSR count). The van der Waals surface area contributed by atoms with E-state index < -0.39 is 0 Å². The molecular weight excluding hydrogens is 358 g/mol. The van der Waals surface area contributed by atoms with Crippen molar-refractivity contribution in [1.29, 1.82) is 0 Å². The number of hydroxylamine groups is 3. The van der Waals surface area contributed by atoms with Gasteiger partial charge in [0.25, 0.3) is 0 Å². The number of rotatable bonds is 7. The van der Waals surface area contributed by atoms with Crippen LogP contribution in [0.4, 0.5) is 0 Å². The summed E-state index contributed by atoms with van der Waals surface area (Å²) in [5.74, 6) is 1.71. The van der Waals surface area contributed by atoms with E-state index in [4.69, 9.17) is 4.84 Å². The van der Waals surface area contributed by atoms with Crippen molar-refractivity contribution < 1.29 is 26.7 Å². The van der Waals surface area contributed by atoms with Crippen LogP contribution in [0, 0.1) is 11.8 Å². The van der Waals surface area contributed by atoms with E-state index in [1.165, 1.54) is 11.1 Å². The van der Waals surface area contributed by atoms with E-state index in [1.54, 1.807) is 14.1 Å². The number of quaternary nitrogens is 1. The summed E-state index contributed by atoms with van der Waals surface area (Å²) in [4.78, 5) is 19.3. The van der Waals surface area contributed by atoms with Crippen LogP contribution in [0.2, 0.25) is 0 Å². The third kappa shape index (κ3) is 6.37. The van der Waals surface area contributed by atoms with E-state index in [1.807, 2.05) is 42.5 Å². The van der Waals surface area contributed by atoms with Crippen molar-refractivity contribution in [3.8, 4) is 5.75 Å². The zero-order valence-corrected chi connectivity index (χ0v) is 18.1. The average molecular weight is 390 g/mol. The number of benzene rings is 2. The molecule has 27 heavy (non-hydrogen) atoms. The maximum atomic E-state index is 13.4. The van der Waals surface area contributed by atoms with Gasteiger partial charge in [-0.05, 0) is 54.0 Å². The molecule has 0 saturated carbocycles. The normalized spacial score (nSPS) is 11.4. The number of para-hydroxylation sites is 1. The van der Waals surface area contributed by atoms with Crippen LogP contribution < -0.4 is 17.2 Å². The Morgan fingerprint density at radius 3 is 2.04 bits per heavy atom. The first-order chi connectivity index (χ1) is 12.2. The summed E-state index contributed by atoms with van der Waals surface area (Å²) in [5, 5.41) is 0. The molecule has 0 aliphatic carbocycles. The lowest BCUT2D eigenvalue weighted by molar-refractivity contribution is -0.978. The standard InChI is InChI=1S/C23H32NO2.ClH/c1-17(2)15-19-11-10-14-21(22(19)16-18(3)4)23(25)24(5,6)26-20-12-8-7-9-13-20;/h7-14,17-18H,15-16H2,1-6H3;1H/q+1;/p-1. The van der Waals surface area contributed by atoms with Crippen molar-refractivity contribution in [2.24, 2.45) is 11.8 Å². The van der Waals surface area contributed by atoms with Gasteiger partial charge in [0.15, 0.2) is 5.75 Å². The summed E-state index contributed by atoms with van der Waals surface area (Å²) in [7, 11) is 3.59. The highest BCUT2D eigenvalue weighted by molar-refractivity contribution is 5.90. The van der Waals surface area contributed by atoms with Crippen LogP contribution in [-0.2, 0) is 12.8 Å². The van der Waals surface area contributed by atoms with Crippen molar-refractivity contribution in [3.05, 3.63) is 65.2 Å². The molecule has 0 spiro atoms. The second-order valence-electron chi connectivity index (χ2n) is 8.20. The number of nitrogens with zero attached hydrogens (tertiary/aromatic N) is 1. The first-order valence-electron chi connectivity index (χ1n) is 9.45. The fourth-order valence-corrected chi connectivity index (χ4v) is 3.19. The van der Waals surface area contributed by atoms with Gasteiger partial charge in [0.1, 0.15) is 14.1 Å². The summed E-state index contributed by atoms with van der Waals surface area (Å²) < 4.78 is -0.166. The Hall–Kier alpha value is -1.84. The van der Waals surface area contributed by atoms with Crippen molar-refractivity contribution in [2.45, 2.75) is 40.5 Å². The third-order valence-electron chi connectivity index (χ3n) is 4.31. The average Bonchev–Trinajstić information content (AvgIpc) is 2.55. The van der Waals surface area contributed by atoms with E-state index in [0.29, 0.717) is 17.6 Å². The van der Waals surface area contributed by atoms with E-state index in [2.05, 4.69) is 33.8 Å². The van der Waals surface area contributed by atoms with Gasteiger partial charge in [-0.1, -0.05) is 62.7 Å². The van der Waals surface area contributed by atoms with E-state index >= 15 is 0 Å². The predicted molar refractivity (Wildman–Crippen MR) is 107 cm³/mol. The maximum Gasteiger partial charge on any atom is 0.386 e. The molecule has 0 saturated heterocycles. The van der Waals surface area contributed by atoms with Gasteiger partial charge >= 0.3 is 5.91 Å². The van der Waals surface area contributed by atoms with Crippen LogP contribution in [0.5, 0.6) is 5.75 Å². The molecule has 0 unspecified atom stereocenters. The molecule has 0 atom stereocenters. The smallest absolute Gasteiger partial charge is 0.386 e. The van der Waals surface area contributed by atoms with Gasteiger partial charge in [0, 0.05) is 0 Å². The van der Waals surface area contributed by atoms with Gasteiger partial charge in [0.2, 0.25) is 0 Å². The minimum Gasteiger partial charge on any atom is -1.00 e. The molecule has 0 radical (unpaired) electrons. The Kier molecular flexibility index (Phi) is 8.52. The van der Waals surface area contributed by atoms with Gasteiger partial charge in [-0.3, -0.25) is 0 Å². The molecule has 148 valence electrons. The quantitative estimate of drug-likeness (QED) is 0.536. The van der Waals surface area contributed by atoms with Crippen molar-refractivity contribution in [2.75, 3.05) is 14.1 Å². The topological polar surface area (TPSA) is 26.3 Å². The molecule has 2 aromatic carbocycles. The first-order valence-corrected chi connectivity index (χ1v) is 9.45. The molecule has 0 aromatic heterocycles. The Morgan fingerprint density at radius 2 is 1.48 bits per heavy atom. The highest BCUT2D eigenvalue weighted by atomic mass is 35.5. The van der Waals surface area contributed by atoms with Gasteiger partial charge in [-0.15, -0.1) is 0 Å². The molecule has 0 N–H and O–H groups in total. The molecule has 2 aromatic rings. The third-order valence-corrected chi connectivity index (χ3v) is 4.31. The zero-order chi connectivity index (χ0) is 19.3. The second kappa shape index (κ2) is 9.91. The van der Waals surface area contributed by atoms with Crippen LogP contribution in [0.15, 0.2) is 48.5 Å². The molecule has 1 amide bonds. The van der Waals surface area contributed by atoms with Crippen molar-refractivity contribution in [3.63, 3.8) is 0 Å². The van der Waals surface area contributed by atoms with Gasteiger partial charge in [-0.2, -0.15) is 0 Å². The number of carbonyl (C=O) groups excluding carboxylic acids is 1. The van der Waals surface area contributed by atoms with Crippen LogP contribution in [0.25, 0.3) is 0 Å². The predicted octanol–water partition coefficient (Wildman–Crippen LogP) is 2.30. The Bertz CT molecular complexity index is 739. The molecule has 3 nitrogen and oxygen atoms in total. The van der Waals surface area contributed by atoms with Crippen LogP contribution >= 0.6 is 0 Å². The largest absolute Gasteiger partial charge is 1.00 e. The van der Waals surface area contributed by atoms with Gasteiger partial charge < -0.3 is 17.2 Å². The Labute approximate surface area is 170 Å². The number of amides is 1. The van der Waals surface area contributed by atoms with Gasteiger partial charge in [-0.25, -0.2) is 4.79 Å². The monoisotopic (exact) mass is 389 g/mol. The Morgan fingerprint density at radius 1 is 0.889 bits per heavy atom. The molecule has 0 aliphatic rings. The van der Waals surface area contributed by atoms with Crippen LogP contribution in [-0.4, -0.2) is 24.6 Å². The van der Waals surface area contributed by atoms with E-state index in [9.17, 15) is 4.79 Å². The van der Waals surface area contributed by atoms with E-state index in [0.717, 1.165) is 18.4 Å². The maximum absolute atomic E-state index is 13.4. The number of hydrogen-bond donors (Lipinski definition) is 0. The molecular formula is C23H32ClNO2. The van der Waals surface area contributed by atoms with E-state index in [-0.39, 0.29) is 23.0 Å². The molecule has 0 heterocycles. The summed E-state index contributed by atoms with van der Waals surface area (Å²) in [6.45, 7) is 8.82. The molecule has 4 heteroatoms. The summed E-state index contributed by atoms with van der Waals surface area (Å²) in [6, 6.07) is 15.6.